The maximum absolute atomic E-state index is 12.2. The minimum absolute atomic E-state index is 0.0512. The third kappa shape index (κ3) is 4.82. The summed E-state index contributed by atoms with van der Waals surface area (Å²) in [6.45, 7) is 1.65. The highest BCUT2D eigenvalue weighted by Gasteiger charge is 2.23. The lowest BCUT2D eigenvalue weighted by Gasteiger charge is -2.17. The molecule has 1 rings (SSSR count). The van der Waals surface area contributed by atoms with Crippen LogP contribution in [0.5, 0.6) is 0 Å². The number of nitrogens with zero attached hydrogens (tertiary/aromatic N) is 2. The number of hydrogen-bond acceptors (Lipinski definition) is 5. The normalized spacial score (nSPS) is 12.2. The van der Waals surface area contributed by atoms with Gasteiger partial charge >= 0.3 is 0 Å². The second kappa shape index (κ2) is 7.17. The van der Waals surface area contributed by atoms with Crippen LogP contribution in [-0.4, -0.2) is 50.9 Å². The Bertz CT molecular complexity index is 674. The van der Waals surface area contributed by atoms with Crippen molar-refractivity contribution >= 4 is 15.9 Å². The minimum atomic E-state index is -3.84. The zero-order chi connectivity index (χ0) is 16.0. The molecule has 8 heteroatoms. The maximum Gasteiger partial charge on any atom is 0.242 e. The van der Waals surface area contributed by atoms with Crippen LogP contribution in [0.15, 0.2) is 23.4 Å². The second-order valence-electron chi connectivity index (χ2n) is 4.49. The summed E-state index contributed by atoms with van der Waals surface area (Å²) in [7, 11) is -0.738. The number of hydrogen-bond donors (Lipinski definition) is 2. The van der Waals surface area contributed by atoms with Gasteiger partial charge in [0, 0.05) is 32.1 Å². The van der Waals surface area contributed by atoms with E-state index in [1.165, 1.54) is 30.3 Å². The van der Waals surface area contributed by atoms with Gasteiger partial charge in [-0.3, -0.25) is 9.78 Å². The molecular weight excluding hydrogens is 292 g/mol. The summed E-state index contributed by atoms with van der Waals surface area (Å²) in [6, 6.07) is 0.508. The highest BCUT2D eigenvalue weighted by molar-refractivity contribution is 7.89. The number of carbonyl (C=O) groups excluding carboxylic acids is 1. The zero-order valence-corrected chi connectivity index (χ0v) is 12.9. The topological polar surface area (TPSA) is 105 Å². The third-order valence-electron chi connectivity index (χ3n) is 2.50. The molecule has 0 bridgehead atoms. The van der Waals surface area contributed by atoms with Gasteiger partial charge in [-0.15, -0.1) is 0 Å². The number of carbonyl (C=O) groups is 1. The zero-order valence-electron chi connectivity index (χ0n) is 12.1. The van der Waals surface area contributed by atoms with Gasteiger partial charge in [0.2, 0.25) is 15.9 Å². The van der Waals surface area contributed by atoms with Gasteiger partial charge in [-0.1, -0.05) is 11.8 Å². The third-order valence-corrected chi connectivity index (χ3v) is 4.01. The molecule has 0 fully saturated rings. The highest BCUT2D eigenvalue weighted by Crippen LogP contribution is 2.10. The summed E-state index contributed by atoms with van der Waals surface area (Å²) in [5.41, 5.74) is 5.70. The van der Waals surface area contributed by atoms with E-state index in [2.05, 4.69) is 21.5 Å². The number of sulfonamides is 1. The lowest BCUT2D eigenvalue weighted by Crippen LogP contribution is -2.44. The Morgan fingerprint density at radius 2 is 2.14 bits per heavy atom. The van der Waals surface area contributed by atoms with Crippen LogP contribution < -0.4 is 10.5 Å². The number of amides is 1. The molecular formula is C13H18N4O3S. The van der Waals surface area contributed by atoms with E-state index < -0.39 is 16.1 Å². The van der Waals surface area contributed by atoms with Gasteiger partial charge in [0.1, 0.15) is 4.90 Å². The second-order valence-corrected chi connectivity index (χ2v) is 6.20. The van der Waals surface area contributed by atoms with Gasteiger partial charge in [-0.25, -0.2) is 8.42 Å². The fourth-order valence-electron chi connectivity index (χ4n) is 1.53. The largest absolute Gasteiger partial charge is 0.347 e. The van der Waals surface area contributed by atoms with Gasteiger partial charge in [0.25, 0.3) is 0 Å². The Kier molecular flexibility index (Phi) is 5.84. The SMILES string of the molecule is CC(NS(=O)(=O)c1cncc(C#CCN)c1)C(=O)N(C)C. The van der Waals surface area contributed by atoms with Crippen molar-refractivity contribution in [3.8, 4) is 11.8 Å². The van der Waals surface area contributed by atoms with Gasteiger partial charge in [-0.2, -0.15) is 4.72 Å². The number of nitrogens with two attached hydrogens (primary N) is 1. The first-order valence-electron chi connectivity index (χ1n) is 6.15. The van der Waals surface area contributed by atoms with E-state index in [-0.39, 0.29) is 17.3 Å². The summed E-state index contributed by atoms with van der Waals surface area (Å²) < 4.78 is 26.7. The maximum atomic E-state index is 12.2. The van der Waals surface area contributed by atoms with E-state index in [1.54, 1.807) is 14.1 Å². The van der Waals surface area contributed by atoms with Crippen molar-refractivity contribution in [2.45, 2.75) is 17.9 Å². The Labute approximate surface area is 124 Å². The molecule has 0 radical (unpaired) electrons. The Morgan fingerprint density at radius 1 is 1.48 bits per heavy atom. The smallest absolute Gasteiger partial charge is 0.242 e. The molecule has 21 heavy (non-hydrogen) atoms. The molecule has 0 saturated heterocycles. The van der Waals surface area contributed by atoms with Crippen LogP contribution in [-0.2, 0) is 14.8 Å². The first-order chi connectivity index (χ1) is 9.77. The first-order valence-corrected chi connectivity index (χ1v) is 7.63. The van der Waals surface area contributed by atoms with Gasteiger partial charge in [-0.05, 0) is 13.0 Å². The van der Waals surface area contributed by atoms with E-state index in [9.17, 15) is 13.2 Å². The van der Waals surface area contributed by atoms with Crippen molar-refractivity contribution in [2.24, 2.45) is 5.73 Å². The molecule has 0 saturated carbocycles. The molecule has 0 aliphatic carbocycles. The number of nitrogens with one attached hydrogen (secondary N) is 1. The lowest BCUT2D eigenvalue weighted by atomic mass is 10.3. The Balaban J connectivity index is 3.00. The first kappa shape index (κ1) is 17.1. The quantitative estimate of drug-likeness (QED) is 0.705. The fourth-order valence-corrected chi connectivity index (χ4v) is 2.71. The van der Waals surface area contributed by atoms with Crippen LogP contribution in [0.25, 0.3) is 0 Å². The van der Waals surface area contributed by atoms with E-state index >= 15 is 0 Å². The van der Waals surface area contributed by atoms with Gasteiger partial charge < -0.3 is 10.6 Å². The van der Waals surface area contributed by atoms with Crippen LogP contribution in [0.1, 0.15) is 12.5 Å². The molecule has 3 N–H and O–H groups in total. The van der Waals surface area contributed by atoms with Crippen LogP contribution in [0.2, 0.25) is 0 Å². The van der Waals surface area contributed by atoms with Gasteiger partial charge in [0.15, 0.2) is 0 Å². The van der Waals surface area contributed by atoms with Gasteiger partial charge in [0.05, 0.1) is 12.6 Å². The summed E-state index contributed by atoms with van der Waals surface area (Å²) in [4.78, 5) is 16.8. The summed E-state index contributed by atoms with van der Waals surface area (Å²) >= 11 is 0. The molecule has 0 spiro atoms. The Hall–Kier alpha value is -1.95. The average Bonchev–Trinajstić information content (AvgIpc) is 2.44. The minimum Gasteiger partial charge on any atom is -0.347 e. The summed E-state index contributed by atoms with van der Waals surface area (Å²) in [6.07, 6.45) is 2.64. The molecule has 1 aromatic heterocycles. The average molecular weight is 310 g/mol. The number of likely N-dealkylation sites (N-methyl/N-ethyl adjacent to an activating group) is 1. The predicted molar refractivity (Wildman–Crippen MR) is 78.6 cm³/mol. The van der Waals surface area contributed by atoms with Crippen molar-refractivity contribution in [2.75, 3.05) is 20.6 Å². The Morgan fingerprint density at radius 3 is 2.71 bits per heavy atom. The lowest BCUT2D eigenvalue weighted by molar-refractivity contribution is -0.130. The van der Waals surface area contributed by atoms with Crippen molar-refractivity contribution in [1.29, 1.82) is 0 Å². The van der Waals surface area contributed by atoms with Crippen molar-refractivity contribution < 1.29 is 13.2 Å². The number of aromatic nitrogens is 1. The number of rotatable bonds is 4. The molecule has 0 aliphatic heterocycles. The fraction of sp³-hybridized carbons (Fsp3) is 0.385. The molecule has 114 valence electrons. The molecule has 0 aliphatic rings. The van der Waals surface area contributed by atoms with Crippen LogP contribution in [0.4, 0.5) is 0 Å². The van der Waals surface area contributed by atoms with E-state index in [1.807, 2.05) is 0 Å². The molecule has 1 aromatic rings. The molecule has 1 atom stereocenters. The molecule has 1 heterocycles. The van der Waals surface area contributed by atoms with Crippen molar-refractivity contribution in [3.05, 3.63) is 24.0 Å². The van der Waals surface area contributed by atoms with Crippen LogP contribution >= 0.6 is 0 Å². The highest BCUT2D eigenvalue weighted by atomic mass is 32.2. The van der Waals surface area contributed by atoms with E-state index in [4.69, 9.17) is 5.73 Å². The summed E-state index contributed by atoms with van der Waals surface area (Å²) in [5.74, 6) is 4.98. The molecule has 1 amide bonds. The van der Waals surface area contributed by atoms with E-state index in [0.29, 0.717) is 5.56 Å². The van der Waals surface area contributed by atoms with Crippen LogP contribution in [0.3, 0.4) is 0 Å². The number of pyridine rings is 1. The monoisotopic (exact) mass is 310 g/mol. The van der Waals surface area contributed by atoms with Crippen molar-refractivity contribution in [1.82, 2.24) is 14.6 Å². The van der Waals surface area contributed by atoms with Crippen LogP contribution in [0, 0.1) is 11.8 Å². The van der Waals surface area contributed by atoms with Crippen molar-refractivity contribution in [3.63, 3.8) is 0 Å². The standard InChI is InChI=1S/C13H18N4O3S/c1-10(13(18)17(2)3)16-21(19,20)12-7-11(5-4-6-14)8-15-9-12/h7-10,16H,6,14H2,1-3H3. The van der Waals surface area contributed by atoms with E-state index in [0.717, 1.165) is 0 Å². The molecule has 1 unspecified atom stereocenters. The molecule has 7 nitrogen and oxygen atoms in total. The predicted octanol–water partition coefficient (Wildman–Crippen LogP) is -0.853. The summed E-state index contributed by atoms with van der Waals surface area (Å²) in [5, 5.41) is 0. The molecule has 0 aromatic carbocycles.